The van der Waals surface area contributed by atoms with E-state index in [-0.39, 0.29) is 0 Å². The van der Waals surface area contributed by atoms with Crippen LogP contribution >= 0.6 is 0 Å². The molecule has 19 heavy (non-hydrogen) atoms. The van der Waals surface area contributed by atoms with E-state index >= 15 is 0 Å². The predicted octanol–water partition coefficient (Wildman–Crippen LogP) is 2.75. The second kappa shape index (κ2) is 6.92. The van der Waals surface area contributed by atoms with Crippen LogP contribution in [-0.2, 0) is 0 Å². The van der Waals surface area contributed by atoms with E-state index in [1.807, 2.05) is 6.92 Å². The minimum atomic E-state index is 0.538. The SMILES string of the molecule is CCOc1ccc(C(CC)N2CCNCC2)cc1C. The predicted molar refractivity (Wildman–Crippen MR) is 79.8 cm³/mol. The van der Waals surface area contributed by atoms with Gasteiger partial charge in [-0.25, -0.2) is 0 Å². The lowest BCUT2D eigenvalue weighted by Crippen LogP contribution is -2.45. The zero-order valence-corrected chi connectivity index (χ0v) is 12.4. The van der Waals surface area contributed by atoms with Crippen LogP contribution in [0.4, 0.5) is 0 Å². The largest absolute Gasteiger partial charge is 0.494 e. The highest BCUT2D eigenvalue weighted by atomic mass is 16.5. The van der Waals surface area contributed by atoms with Crippen LogP contribution < -0.4 is 10.1 Å². The highest BCUT2D eigenvalue weighted by Gasteiger charge is 2.20. The average Bonchev–Trinajstić information content (AvgIpc) is 2.44. The van der Waals surface area contributed by atoms with Crippen molar-refractivity contribution in [3.63, 3.8) is 0 Å². The molecule has 106 valence electrons. The van der Waals surface area contributed by atoms with Crippen molar-refractivity contribution in [1.29, 1.82) is 0 Å². The molecule has 1 aromatic rings. The molecule has 3 heteroatoms. The molecular formula is C16H26N2O. The molecule has 0 aromatic heterocycles. The summed E-state index contributed by atoms with van der Waals surface area (Å²) in [5.41, 5.74) is 2.67. The van der Waals surface area contributed by atoms with E-state index in [0.29, 0.717) is 6.04 Å². The van der Waals surface area contributed by atoms with Crippen molar-refractivity contribution >= 4 is 0 Å². The fourth-order valence-corrected chi connectivity index (χ4v) is 2.90. The lowest BCUT2D eigenvalue weighted by molar-refractivity contribution is 0.169. The number of rotatable bonds is 5. The standard InChI is InChI=1S/C16H26N2O/c1-4-15(18-10-8-17-9-11-18)14-6-7-16(19-5-2)13(3)12-14/h6-7,12,15,17H,4-5,8-11H2,1-3H3. The smallest absolute Gasteiger partial charge is 0.122 e. The third-order valence-corrected chi connectivity index (χ3v) is 3.86. The van der Waals surface area contributed by atoms with Crippen LogP contribution in [-0.4, -0.2) is 37.7 Å². The summed E-state index contributed by atoms with van der Waals surface area (Å²) in [5.74, 6) is 1.02. The van der Waals surface area contributed by atoms with Gasteiger partial charge in [0, 0.05) is 32.2 Å². The lowest BCUT2D eigenvalue weighted by atomic mass is 9.99. The molecule has 1 aliphatic rings. The molecule has 1 unspecified atom stereocenters. The Labute approximate surface area is 116 Å². The molecule has 0 aliphatic carbocycles. The first-order valence-electron chi connectivity index (χ1n) is 7.44. The van der Waals surface area contributed by atoms with Gasteiger partial charge in [-0.3, -0.25) is 4.90 Å². The number of hydrogen-bond acceptors (Lipinski definition) is 3. The molecule has 0 radical (unpaired) electrons. The molecule has 2 rings (SSSR count). The normalized spacial score (nSPS) is 18.3. The highest BCUT2D eigenvalue weighted by Crippen LogP contribution is 2.28. The molecule has 0 saturated carbocycles. The van der Waals surface area contributed by atoms with Crippen molar-refractivity contribution in [2.75, 3.05) is 32.8 Å². The van der Waals surface area contributed by atoms with Gasteiger partial charge in [-0.05, 0) is 37.5 Å². The van der Waals surface area contributed by atoms with Gasteiger partial charge in [0.15, 0.2) is 0 Å². The van der Waals surface area contributed by atoms with Gasteiger partial charge in [-0.15, -0.1) is 0 Å². The Balaban J connectivity index is 2.15. The number of nitrogens with zero attached hydrogens (tertiary/aromatic N) is 1. The third kappa shape index (κ3) is 3.48. The Morgan fingerprint density at radius 2 is 2.00 bits per heavy atom. The maximum absolute atomic E-state index is 5.63. The summed E-state index contributed by atoms with van der Waals surface area (Å²) in [7, 11) is 0. The quantitative estimate of drug-likeness (QED) is 0.883. The molecule has 0 amide bonds. The van der Waals surface area contributed by atoms with Gasteiger partial charge in [0.2, 0.25) is 0 Å². The molecule has 1 saturated heterocycles. The molecule has 3 nitrogen and oxygen atoms in total. The zero-order chi connectivity index (χ0) is 13.7. The minimum Gasteiger partial charge on any atom is -0.494 e. The van der Waals surface area contributed by atoms with Crippen molar-refractivity contribution in [2.24, 2.45) is 0 Å². The van der Waals surface area contributed by atoms with Crippen LogP contribution in [0.2, 0.25) is 0 Å². The Bertz CT molecular complexity index is 400. The van der Waals surface area contributed by atoms with Crippen LogP contribution in [0.1, 0.15) is 37.4 Å². The van der Waals surface area contributed by atoms with Gasteiger partial charge in [0.25, 0.3) is 0 Å². The molecule has 1 N–H and O–H groups in total. The Kier molecular flexibility index (Phi) is 5.23. The van der Waals surface area contributed by atoms with Crippen molar-refractivity contribution in [3.8, 4) is 5.75 Å². The van der Waals surface area contributed by atoms with Gasteiger partial charge < -0.3 is 10.1 Å². The van der Waals surface area contributed by atoms with E-state index in [1.54, 1.807) is 0 Å². The molecule has 1 atom stereocenters. The van der Waals surface area contributed by atoms with Crippen LogP contribution in [0.3, 0.4) is 0 Å². The summed E-state index contributed by atoms with van der Waals surface area (Å²) < 4.78 is 5.63. The molecule has 1 aliphatic heterocycles. The fourth-order valence-electron chi connectivity index (χ4n) is 2.90. The van der Waals surface area contributed by atoms with E-state index in [2.05, 4.69) is 42.3 Å². The first kappa shape index (κ1) is 14.4. The third-order valence-electron chi connectivity index (χ3n) is 3.86. The number of aryl methyl sites for hydroxylation is 1. The van der Waals surface area contributed by atoms with Crippen molar-refractivity contribution < 1.29 is 4.74 Å². The van der Waals surface area contributed by atoms with Crippen LogP contribution in [0.25, 0.3) is 0 Å². The second-order valence-electron chi connectivity index (χ2n) is 5.17. The maximum Gasteiger partial charge on any atom is 0.122 e. The maximum atomic E-state index is 5.63. The molecule has 0 bridgehead atoms. The summed E-state index contributed by atoms with van der Waals surface area (Å²) in [6.45, 7) is 11.7. The van der Waals surface area contributed by atoms with Crippen molar-refractivity contribution in [1.82, 2.24) is 10.2 Å². The summed E-state index contributed by atoms with van der Waals surface area (Å²) >= 11 is 0. The monoisotopic (exact) mass is 262 g/mol. The minimum absolute atomic E-state index is 0.538. The number of benzene rings is 1. The summed E-state index contributed by atoms with van der Waals surface area (Å²) in [5, 5.41) is 3.42. The Hall–Kier alpha value is -1.06. The molecule has 1 fully saturated rings. The van der Waals surface area contributed by atoms with Crippen molar-refractivity contribution in [3.05, 3.63) is 29.3 Å². The van der Waals surface area contributed by atoms with E-state index in [4.69, 9.17) is 4.74 Å². The number of hydrogen-bond donors (Lipinski definition) is 1. The Morgan fingerprint density at radius 1 is 1.26 bits per heavy atom. The average molecular weight is 262 g/mol. The molecule has 1 heterocycles. The number of ether oxygens (including phenoxy) is 1. The fraction of sp³-hybridized carbons (Fsp3) is 0.625. The summed E-state index contributed by atoms with van der Waals surface area (Å²) in [6, 6.07) is 7.19. The van der Waals surface area contributed by atoms with Gasteiger partial charge in [-0.1, -0.05) is 19.1 Å². The number of piperazine rings is 1. The summed E-state index contributed by atoms with van der Waals surface area (Å²) in [4.78, 5) is 2.59. The first-order chi connectivity index (χ1) is 9.26. The highest BCUT2D eigenvalue weighted by molar-refractivity contribution is 5.37. The van der Waals surface area contributed by atoms with E-state index < -0.39 is 0 Å². The lowest BCUT2D eigenvalue weighted by Gasteiger charge is -2.35. The van der Waals surface area contributed by atoms with Crippen LogP contribution in [0.5, 0.6) is 5.75 Å². The Morgan fingerprint density at radius 3 is 2.58 bits per heavy atom. The van der Waals surface area contributed by atoms with E-state index in [1.165, 1.54) is 11.1 Å². The van der Waals surface area contributed by atoms with E-state index in [0.717, 1.165) is 45.0 Å². The van der Waals surface area contributed by atoms with Crippen LogP contribution in [0.15, 0.2) is 18.2 Å². The molecule has 0 spiro atoms. The van der Waals surface area contributed by atoms with Gasteiger partial charge in [0.1, 0.15) is 5.75 Å². The van der Waals surface area contributed by atoms with Gasteiger partial charge >= 0.3 is 0 Å². The van der Waals surface area contributed by atoms with Crippen LogP contribution in [0, 0.1) is 6.92 Å². The van der Waals surface area contributed by atoms with E-state index in [9.17, 15) is 0 Å². The summed E-state index contributed by atoms with van der Waals surface area (Å²) in [6.07, 6.45) is 1.16. The van der Waals surface area contributed by atoms with Gasteiger partial charge in [-0.2, -0.15) is 0 Å². The topological polar surface area (TPSA) is 24.5 Å². The first-order valence-corrected chi connectivity index (χ1v) is 7.44. The zero-order valence-electron chi connectivity index (χ0n) is 12.4. The molecular weight excluding hydrogens is 236 g/mol. The van der Waals surface area contributed by atoms with Gasteiger partial charge in [0.05, 0.1) is 6.61 Å². The number of nitrogens with one attached hydrogen (secondary N) is 1. The second-order valence-corrected chi connectivity index (χ2v) is 5.17. The van der Waals surface area contributed by atoms with Crippen molar-refractivity contribution in [2.45, 2.75) is 33.2 Å². The molecule has 1 aromatic carbocycles.